The van der Waals surface area contributed by atoms with Crippen LogP contribution in [-0.4, -0.2) is 12.5 Å². The van der Waals surface area contributed by atoms with Crippen molar-refractivity contribution < 1.29 is 4.79 Å². The Hall–Kier alpha value is -1.65. The van der Waals surface area contributed by atoms with Gasteiger partial charge in [0.15, 0.2) is 0 Å². The van der Waals surface area contributed by atoms with Gasteiger partial charge >= 0.3 is 0 Å². The Morgan fingerprint density at radius 2 is 2.00 bits per heavy atom. The fourth-order valence-corrected chi connectivity index (χ4v) is 2.64. The summed E-state index contributed by atoms with van der Waals surface area (Å²) in [5, 5.41) is 5.25. The van der Waals surface area contributed by atoms with Crippen LogP contribution in [0.4, 0.5) is 0 Å². The molecule has 0 spiro atoms. The molecule has 2 rings (SSSR count). The zero-order valence-electron chi connectivity index (χ0n) is 10.0. The minimum Gasteiger partial charge on any atom is -0.369 e. The molecular weight excluding hydrogens is 244 g/mol. The van der Waals surface area contributed by atoms with E-state index in [-0.39, 0.29) is 18.5 Å². The summed E-state index contributed by atoms with van der Waals surface area (Å²) in [5.74, 6) is -0.329. The van der Waals surface area contributed by atoms with E-state index in [0.717, 1.165) is 6.42 Å². The zero-order valence-corrected chi connectivity index (χ0v) is 10.8. The molecule has 0 bridgehead atoms. The number of carbonyl (C=O) groups excluding carboxylic acids is 1. The molecule has 0 aliphatic rings. The number of hydrogen-bond donors (Lipinski definition) is 2. The first-order valence-electron chi connectivity index (χ1n) is 5.84. The molecule has 1 aromatic carbocycles. The number of amides is 1. The maximum Gasteiger partial charge on any atom is 0.231 e. The average Bonchev–Trinajstić information content (AvgIpc) is 2.89. The summed E-state index contributed by atoms with van der Waals surface area (Å²) in [6.07, 6.45) is 0.856. The van der Waals surface area contributed by atoms with Gasteiger partial charge in [-0.25, -0.2) is 0 Å². The lowest BCUT2D eigenvalue weighted by Gasteiger charge is -2.16. The average molecular weight is 260 g/mol. The van der Waals surface area contributed by atoms with E-state index in [1.165, 1.54) is 10.4 Å². The van der Waals surface area contributed by atoms with Crippen LogP contribution in [0.1, 0.15) is 16.5 Å². The number of hydrogen-bond acceptors (Lipinski definition) is 3. The minimum atomic E-state index is -0.329. The third-order valence-corrected chi connectivity index (χ3v) is 3.68. The highest BCUT2D eigenvalue weighted by atomic mass is 32.1. The van der Waals surface area contributed by atoms with Crippen molar-refractivity contribution in [1.82, 2.24) is 5.32 Å². The Kier molecular flexibility index (Phi) is 4.50. The fourth-order valence-electron chi connectivity index (χ4n) is 1.84. The molecule has 1 amide bonds. The van der Waals surface area contributed by atoms with Crippen molar-refractivity contribution in [3.05, 3.63) is 58.3 Å². The molecule has 0 aliphatic heterocycles. The van der Waals surface area contributed by atoms with Crippen molar-refractivity contribution in [3.63, 3.8) is 0 Å². The third-order valence-electron chi connectivity index (χ3n) is 2.69. The number of thiophene rings is 1. The molecule has 0 unspecified atom stereocenters. The Morgan fingerprint density at radius 3 is 2.61 bits per heavy atom. The fraction of sp³-hybridized carbons (Fsp3) is 0.214. The lowest BCUT2D eigenvalue weighted by molar-refractivity contribution is -0.117. The monoisotopic (exact) mass is 260 g/mol. The number of nitrogens with two attached hydrogens (primary N) is 1. The van der Waals surface area contributed by atoms with Gasteiger partial charge in [0.1, 0.15) is 0 Å². The highest BCUT2D eigenvalue weighted by Crippen LogP contribution is 2.22. The molecule has 1 heterocycles. The molecule has 1 atom stereocenters. The summed E-state index contributed by atoms with van der Waals surface area (Å²) in [4.78, 5) is 12.1. The van der Waals surface area contributed by atoms with Crippen LogP contribution in [0.5, 0.6) is 0 Å². The molecule has 0 saturated heterocycles. The summed E-state index contributed by atoms with van der Waals surface area (Å²) < 4.78 is 0. The van der Waals surface area contributed by atoms with Gasteiger partial charge in [0, 0.05) is 10.9 Å². The van der Waals surface area contributed by atoms with Crippen LogP contribution < -0.4 is 11.1 Å². The standard InChI is InChI=1S/C14H16N2OS/c15-14(17)10-16-12(13-7-4-8-18-13)9-11-5-2-1-3-6-11/h1-8,12,16H,9-10H2,(H2,15,17)/t12-/m0/s1. The number of benzene rings is 1. The topological polar surface area (TPSA) is 55.1 Å². The van der Waals surface area contributed by atoms with Crippen LogP contribution in [0.3, 0.4) is 0 Å². The number of nitrogens with one attached hydrogen (secondary N) is 1. The van der Waals surface area contributed by atoms with Crippen LogP contribution >= 0.6 is 11.3 Å². The van der Waals surface area contributed by atoms with E-state index in [4.69, 9.17) is 5.73 Å². The van der Waals surface area contributed by atoms with Crippen molar-refractivity contribution >= 4 is 17.2 Å². The van der Waals surface area contributed by atoms with Gasteiger partial charge < -0.3 is 11.1 Å². The van der Waals surface area contributed by atoms with Crippen LogP contribution in [0.2, 0.25) is 0 Å². The molecule has 0 saturated carbocycles. The van der Waals surface area contributed by atoms with Crippen LogP contribution in [0, 0.1) is 0 Å². The normalized spacial score (nSPS) is 12.2. The second-order valence-electron chi connectivity index (χ2n) is 4.10. The SMILES string of the molecule is NC(=O)CN[C@@H](Cc1ccccc1)c1cccs1. The van der Waals surface area contributed by atoms with E-state index >= 15 is 0 Å². The van der Waals surface area contributed by atoms with Crippen LogP contribution in [0.15, 0.2) is 47.8 Å². The molecule has 3 N–H and O–H groups in total. The Labute approximate surface area is 111 Å². The first-order chi connectivity index (χ1) is 8.75. The molecule has 0 fully saturated rings. The first kappa shape index (κ1) is 12.8. The molecule has 2 aromatic rings. The molecule has 3 nitrogen and oxygen atoms in total. The maximum absolute atomic E-state index is 10.9. The molecule has 94 valence electrons. The number of primary amides is 1. The predicted molar refractivity (Wildman–Crippen MR) is 74.4 cm³/mol. The lowest BCUT2D eigenvalue weighted by Crippen LogP contribution is -2.32. The Morgan fingerprint density at radius 1 is 1.22 bits per heavy atom. The van der Waals surface area contributed by atoms with Crippen molar-refractivity contribution in [3.8, 4) is 0 Å². The highest BCUT2D eigenvalue weighted by molar-refractivity contribution is 7.10. The minimum absolute atomic E-state index is 0.139. The summed E-state index contributed by atoms with van der Waals surface area (Å²) in [6, 6.07) is 14.5. The quantitative estimate of drug-likeness (QED) is 0.835. The maximum atomic E-state index is 10.9. The molecular formula is C14H16N2OS. The van der Waals surface area contributed by atoms with Crippen LogP contribution in [-0.2, 0) is 11.2 Å². The number of rotatable bonds is 6. The van der Waals surface area contributed by atoms with Gasteiger partial charge in [-0.1, -0.05) is 36.4 Å². The second-order valence-corrected chi connectivity index (χ2v) is 5.08. The Bertz CT molecular complexity index is 482. The van der Waals surface area contributed by atoms with Gasteiger partial charge in [-0.2, -0.15) is 0 Å². The van der Waals surface area contributed by atoms with Crippen molar-refractivity contribution in [2.24, 2.45) is 5.73 Å². The summed E-state index contributed by atoms with van der Waals surface area (Å²) in [5.41, 5.74) is 6.43. The van der Waals surface area contributed by atoms with Crippen molar-refractivity contribution in [2.75, 3.05) is 6.54 Å². The van der Waals surface area contributed by atoms with Gasteiger partial charge in [-0.15, -0.1) is 11.3 Å². The molecule has 0 aliphatic carbocycles. The molecule has 18 heavy (non-hydrogen) atoms. The predicted octanol–water partition coefficient (Wildman–Crippen LogP) is 2.11. The van der Waals surface area contributed by atoms with Gasteiger partial charge in [0.2, 0.25) is 5.91 Å². The second kappa shape index (κ2) is 6.33. The molecule has 0 radical (unpaired) electrons. The smallest absolute Gasteiger partial charge is 0.231 e. The third kappa shape index (κ3) is 3.68. The summed E-state index contributed by atoms with van der Waals surface area (Å²) in [6.45, 7) is 0.204. The first-order valence-corrected chi connectivity index (χ1v) is 6.72. The molecule has 1 aromatic heterocycles. The van der Waals surface area contributed by atoms with Gasteiger partial charge in [-0.05, 0) is 23.4 Å². The van der Waals surface area contributed by atoms with E-state index in [9.17, 15) is 4.79 Å². The molecule has 4 heteroatoms. The number of carbonyl (C=O) groups is 1. The van der Waals surface area contributed by atoms with Gasteiger partial charge in [0.05, 0.1) is 6.54 Å². The van der Waals surface area contributed by atoms with Crippen molar-refractivity contribution in [2.45, 2.75) is 12.5 Å². The lowest BCUT2D eigenvalue weighted by atomic mass is 10.0. The van der Waals surface area contributed by atoms with Crippen molar-refractivity contribution in [1.29, 1.82) is 0 Å². The van der Waals surface area contributed by atoms with E-state index < -0.39 is 0 Å². The summed E-state index contributed by atoms with van der Waals surface area (Å²) in [7, 11) is 0. The van der Waals surface area contributed by atoms with E-state index in [1.54, 1.807) is 11.3 Å². The Balaban J connectivity index is 2.07. The zero-order chi connectivity index (χ0) is 12.8. The van der Waals surface area contributed by atoms with E-state index in [0.29, 0.717) is 0 Å². The van der Waals surface area contributed by atoms with Gasteiger partial charge in [-0.3, -0.25) is 4.79 Å². The summed E-state index contributed by atoms with van der Waals surface area (Å²) >= 11 is 1.69. The largest absolute Gasteiger partial charge is 0.369 e. The van der Waals surface area contributed by atoms with Gasteiger partial charge in [0.25, 0.3) is 0 Å². The van der Waals surface area contributed by atoms with E-state index in [2.05, 4.69) is 23.5 Å². The van der Waals surface area contributed by atoms with Crippen LogP contribution in [0.25, 0.3) is 0 Å². The highest BCUT2D eigenvalue weighted by Gasteiger charge is 2.13. The van der Waals surface area contributed by atoms with E-state index in [1.807, 2.05) is 29.6 Å².